The van der Waals surface area contributed by atoms with Gasteiger partial charge >= 0.3 is 0 Å². The van der Waals surface area contributed by atoms with E-state index in [9.17, 15) is 13.2 Å². The first-order valence-corrected chi connectivity index (χ1v) is 9.52. The lowest BCUT2D eigenvalue weighted by Crippen LogP contribution is -2.38. The van der Waals surface area contributed by atoms with E-state index >= 15 is 0 Å². The maximum Gasteiger partial charge on any atom is 0.261 e. The van der Waals surface area contributed by atoms with E-state index in [1.807, 2.05) is 13.8 Å². The van der Waals surface area contributed by atoms with Gasteiger partial charge in [0.1, 0.15) is 0 Å². The summed E-state index contributed by atoms with van der Waals surface area (Å²) in [6.07, 6.45) is 1.96. The summed E-state index contributed by atoms with van der Waals surface area (Å²) >= 11 is 1.17. The Kier molecular flexibility index (Phi) is 5.06. The second-order valence-electron chi connectivity index (χ2n) is 5.89. The molecule has 21 heavy (non-hydrogen) atoms. The fourth-order valence-corrected chi connectivity index (χ4v) is 5.18. The van der Waals surface area contributed by atoms with E-state index in [-0.39, 0.29) is 16.8 Å². The maximum absolute atomic E-state index is 12.6. The highest BCUT2D eigenvalue weighted by atomic mass is 32.2. The van der Waals surface area contributed by atoms with Crippen LogP contribution in [0.3, 0.4) is 0 Å². The molecule has 0 aromatic carbocycles. The van der Waals surface area contributed by atoms with E-state index < -0.39 is 10.0 Å². The van der Waals surface area contributed by atoms with E-state index in [1.165, 1.54) is 21.7 Å². The lowest BCUT2D eigenvalue weighted by Gasteiger charge is -2.29. The van der Waals surface area contributed by atoms with Crippen LogP contribution in [0.25, 0.3) is 0 Å². The van der Waals surface area contributed by atoms with Gasteiger partial charge in [-0.2, -0.15) is 4.31 Å². The Bertz CT molecular complexity index is 607. The molecule has 7 heteroatoms. The number of rotatable bonds is 4. The minimum Gasteiger partial charge on any atom is -0.349 e. The SMILES string of the molecule is CC(C)NC(=O)c1cc(S(=O)(=O)N2CCC[C@@H](C)C2)cs1. The van der Waals surface area contributed by atoms with Crippen molar-refractivity contribution in [1.29, 1.82) is 0 Å². The van der Waals surface area contributed by atoms with Gasteiger partial charge in [0.15, 0.2) is 0 Å². The van der Waals surface area contributed by atoms with Gasteiger partial charge < -0.3 is 5.32 Å². The Morgan fingerprint density at radius 2 is 2.19 bits per heavy atom. The summed E-state index contributed by atoms with van der Waals surface area (Å²) in [5.41, 5.74) is 0. The van der Waals surface area contributed by atoms with Crippen LogP contribution in [0.1, 0.15) is 43.3 Å². The minimum atomic E-state index is -3.47. The van der Waals surface area contributed by atoms with Gasteiger partial charge in [0.25, 0.3) is 5.91 Å². The second-order valence-corrected chi connectivity index (χ2v) is 8.73. The smallest absolute Gasteiger partial charge is 0.261 e. The van der Waals surface area contributed by atoms with Crippen molar-refractivity contribution in [2.45, 2.75) is 44.6 Å². The number of nitrogens with one attached hydrogen (secondary N) is 1. The molecule has 0 saturated carbocycles. The third-order valence-electron chi connectivity index (χ3n) is 3.48. The van der Waals surface area contributed by atoms with Crippen LogP contribution in [0.5, 0.6) is 0 Å². The Hall–Kier alpha value is -0.920. The summed E-state index contributed by atoms with van der Waals surface area (Å²) in [5.74, 6) is 0.166. The molecule has 5 nitrogen and oxygen atoms in total. The first-order valence-electron chi connectivity index (χ1n) is 7.20. The number of nitrogens with zero attached hydrogens (tertiary/aromatic N) is 1. The molecule has 1 atom stereocenters. The van der Waals surface area contributed by atoms with Gasteiger partial charge in [-0.3, -0.25) is 4.79 Å². The van der Waals surface area contributed by atoms with E-state index in [4.69, 9.17) is 0 Å². The molecule has 1 N–H and O–H groups in total. The van der Waals surface area contributed by atoms with Crippen LogP contribution in [-0.2, 0) is 10.0 Å². The summed E-state index contributed by atoms with van der Waals surface area (Å²) in [6, 6.07) is 1.51. The van der Waals surface area contributed by atoms with Gasteiger partial charge in [-0.05, 0) is 38.7 Å². The van der Waals surface area contributed by atoms with Crippen molar-refractivity contribution in [3.8, 4) is 0 Å². The normalized spacial score (nSPS) is 20.7. The lowest BCUT2D eigenvalue weighted by molar-refractivity contribution is 0.0947. The predicted molar refractivity (Wildman–Crippen MR) is 84.1 cm³/mol. The molecular formula is C14H22N2O3S2. The van der Waals surface area contributed by atoms with E-state index in [0.29, 0.717) is 23.9 Å². The van der Waals surface area contributed by atoms with Gasteiger partial charge in [0.05, 0.1) is 9.77 Å². The van der Waals surface area contributed by atoms with Gasteiger partial charge in [-0.15, -0.1) is 11.3 Å². The van der Waals surface area contributed by atoms with Crippen molar-refractivity contribution < 1.29 is 13.2 Å². The number of carbonyl (C=O) groups excluding carboxylic acids is 1. The fraction of sp³-hybridized carbons (Fsp3) is 0.643. The molecule has 0 unspecified atom stereocenters. The van der Waals surface area contributed by atoms with Crippen molar-refractivity contribution in [2.75, 3.05) is 13.1 Å². The molecule has 2 rings (SSSR count). The van der Waals surface area contributed by atoms with E-state index in [1.54, 1.807) is 5.38 Å². The van der Waals surface area contributed by atoms with Crippen molar-refractivity contribution >= 4 is 27.3 Å². The Morgan fingerprint density at radius 1 is 1.48 bits per heavy atom. The first-order chi connectivity index (χ1) is 9.80. The highest BCUT2D eigenvalue weighted by Crippen LogP contribution is 2.26. The molecule has 1 aromatic rings. The number of carbonyl (C=O) groups is 1. The number of sulfonamides is 1. The molecule has 1 amide bonds. The maximum atomic E-state index is 12.6. The van der Waals surface area contributed by atoms with Crippen LogP contribution in [-0.4, -0.2) is 37.8 Å². The molecule has 0 aliphatic carbocycles. The van der Waals surface area contributed by atoms with Gasteiger partial charge in [0, 0.05) is 24.5 Å². The largest absolute Gasteiger partial charge is 0.349 e. The van der Waals surface area contributed by atoms with Gasteiger partial charge in [-0.1, -0.05) is 6.92 Å². The monoisotopic (exact) mass is 330 g/mol. The molecule has 1 aliphatic heterocycles. The molecule has 118 valence electrons. The van der Waals surface area contributed by atoms with Crippen LogP contribution in [0.15, 0.2) is 16.3 Å². The fourth-order valence-electron chi connectivity index (χ4n) is 2.42. The minimum absolute atomic E-state index is 0.0302. The van der Waals surface area contributed by atoms with E-state index in [0.717, 1.165) is 12.8 Å². The Morgan fingerprint density at radius 3 is 2.81 bits per heavy atom. The number of hydrogen-bond donors (Lipinski definition) is 1. The third kappa shape index (κ3) is 3.84. The number of amides is 1. The number of hydrogen-bond acceptors (Lipinski definition) is 4. The molecule has 1 fully saturated rings. The summed E-state index contributed by atoms with van der Waals surface area (Å²) in [7, 11) is -3.47. The average molecular weight is 330 g/mol. The second kappa shape index (κ2) is 6.46. The standard InChI is InChI=1S/C14H22N2O3S2/c1-10(2)15-14(17)13-7-12(9-20-13)21(18,19)16-6-4-5-11(3)8-16/h7,9-11H,4-6,8H2,1-3H3,(H,15,17)/t11-/m1/s1. The average Bonchev–Trinajstić information content (AvgIpc) is 2.88. The highest BCUT2D eigenvalue weighted by molar-refractivity contribution is 7.89. The van der Waals surface area contributed by atoms with Crippen LogP contribution in [0.2, 0.25) is 0 Å². The summed E-state index contributed by atoms with van der Waals surface area (Å²) < 4.78 is 26.7. The molecular weight excluding hydrogens is 308 g/mol. The Labute approximate surface area is 130 Å². The molecule has 1 aromatic heterocycles. The molecule has 2 heterocycles. The topological polar surface area (TPSA) is 66.5 Å². The van der Waals surface area contributed by atoms with Crippen LogP contribution < -0.4 is 5.32 Å². The highest BCUT2D eigenvalue weighted by Gasteiger charge is 2.29. The van der Waals surface area contributed by atoms with Crippen molar-refractivity contribution in [2.24, 2.45) is 5.92 Å². The van der Waals surface area contributed by atoms with E-state index in [2.05, 4.69) is 12.2 Å². The lowest BCUT2D eigenvalue weighted by atomic mass is 10.0. The van der Waals surface area contributed by atoms with Crippen LogP contribution >= 0.6 is 11.3 Å². The zero-order valence-electron chi connectivity index (χ0n) is 12.6. The molecule has 0 radical (unpaired) electrons. The molecule has 0 bridgehead atoms. The quantitative estimate of drug-likeness (QED) is 0.921. The molecule has 1 saturated heterocycles. The summed E-state index contributed by atoms with van der Waals surface area (Å²) in [5, 5.41) is 4.33. The third-order valence-corrected chi connectivity index (χ3v) is 6.40. The number of piperidine rings is 1. The zero-order valence-corrected chi connectivity index (χ0v) is 14.3. The van der Waals surface area contributed by atoms with Gasteiger partial charge in [0.2, 0.25) is 10.0 Å². The van der Waals surface area contributed by atoms with Crippen molar-refractivity contribution in [3.05, 3.63) is 16.3 Å². The van der Waals surface area contributed by atoms with Crippen LogP contribution in [0, 0.1) is 5.92 Å². The van der Waals surface area contributed by atoms with Gasteiger partial charge in [-0.25, -0.2) is 8.42 Å². The molecule has 0 spiro atoms. The summed E-state index contributed by atoms with van der Waals surface area (Å²) in [4.78, 5) is 12.6. The predicted octanol–water partition coefficient (Wildman–Crippen LogP) is 2.31. The summed E-state index contributed by atoms with van der Waals surface area (Å²) in [6.45, 7) is 6.94. The Balaban J connectivity index is 2.18. The first kappa shape index (κ1) is 16.5. The number of thiophene rings is 1. The zero-order chi connectivity index (χ0) is 15.6. The van der Waals surface area contributed by atoms with Crippen molar-refractivity contribution in [3.63, 3.8) is 0 Å². The molecule has 1 aliphatic rings. The van der Waals surface area contributed by atoms with Crippen LogP contribution in [0.4, 0.5) is 0 Å². The van der Waals surface area contributed by atoms with Crippen molar-refractivity contribution in [1.82, 2.24) is 9.62 Å².